The molecular formula is C25H30N2O9. The standard InChI is InChI=1S/C25H30N2O9/c28-14-19-21(30)22(31)23(32)25(36-19)35-18-4-2-1-3-16(18)13-20(29)26-17-7-5-15(6-8-17)24(33)27-9-11-34-12-10-27/h1-8,19,21-23,25,28,30-32H,9-14H2,(H,26,29). The normalized spacial score (nSPS) is 26.3. The second kappa shape index (κ2) is 11.8. The lowest BCUT2D eigenvalue weighted by atomic mass is 9.99. The third-order valence-electron chi connectivity index (χ3n) is 6.13. The molecule has 11 nitrogen and oxygen atoms in total. The number of ether oxygens (including phenoxy) is 3. The van der Waals surface area contributed by atoms with E-state index in [0.29, 0.717) is 43.1 Å². The SMILES string of the molecule is O=C(Cc1ccccc1OC1OC(CO)C(O)C(O)C1O)Nc1ccc(C(=O)N2CCOCC2)cc1. The fourth-order valence-corrected chi connectivity index (χ4v) is 4.08. The number of hydrogen-bond acceptors (Lipinski definition) is 9. The Hall–Kier alpha value is -3.06. The molecule has 194 valence electrons. The van der Waals surface area contributed by atoms with Crippen LogP contribution < -0.4 is 10.1 Å². The molecule has 0 aliphatic carbocycles. The molecule has 0 aromatic heterocycles. The van der Waals surface area contributed by atoms with E-state index in [1.165, 1.54) is 0 Å². The van der Waals surface area contributed by atoms with E-state index >= 15 is 0 Å². The Morgan fingerprint density at radius 2 is 1.67 bits per heavy atom. The molecule has 2 aliphatic rings. The van der Waals surface area contributed by atoms with Crippen molar-refractivity contribution in [1.82, 2.24) is 4.90 Å². The van der Waals surface area contributed by atoms with Gasteiger partial charge < -0.3 is 44.9 Å². The fourth-order valence-electron chi connectivity index (χ4n) is 4.08. The number of anilines is 1. The van der Waals surface area contributed by atoms with Gasteiger partial charge in [-0.3, -0.25) is 9.59 Å². The molecule has 2 aromatic rings. The number of carbonyl (C=O) groups excluding carboxylic acids is 2. The van der Waals surface area contributed by atoms with Gasteiger partial charge in [0.25, 0.3) is 5.91 Å². The summed E-state index contributed by atoms with van der Waals surface area (Å²) in [6.07, 6.45) is -7.18. The molecule has 0 radical (unpaired) electrons. The van der Waals surface area contributed by atoms with Crippen LogP contribution in [-0.2, 0) is 20.7 Å². The largest absolute Gasteiger partial charge is 0.462 e. The molecule has 2 fully saturated rings. The van der Waals surface area contributed by atoms with Crippen molar-refractivity contribution < 1.29 is 44.2 Å². The Bertz CT molecular complexity index is 1040. The Labute approximate surface area is 207 Å². The summed E-state index contributed by atoms with van der Waals surface area (Å²) >= 11 is 0. The minimum Gasteiger partial charge on any atom is -0.462 e. The van der Waals surface area contributed by atoms with Crippen LogP contribution in [0.4, 0.5) is 5.69 Å². The van der Waals surface area contributed by atoms with Crippen LogP contribution in [0.1, 0.15) is 15.9 Å². The second-order valence-corrected chi connectivity index (χ2v) is 8.63. The number of nitrogens with one attached hydrogen (secondary N) is 1. The number of aliphatic hydroxyl groups excluding tert-OH is 4. The first-order valence-corrected chi connectivity index (χ1v) is 11.7. The molecule has 2 amide bonds. The highest BCUT2D eigenvalue weighted by Gasteiger charge is 2.44. The smallest absolute Gasteiger partial charge is 0.254 e. The third kappa shape index (κ3) is 6.01. The van der Waals surface area contributed by atoms with Gasteiger partial charge in [0, 0.05) is 29.9 Å². The highest BCUT2D eigenvalue weighted by atomic mass is 16.7. The van der Waals surface area contributed by atoms with Gasteiger partial charge >= 0.3 is 0 Å². The average molecular weight is 503 g/mol. The quantitative estimate of drug-likeness (QED) is 0.337. The minimum atomic E-state index is -1.57. The molecule has 5 unspecified atom stereocenters. The van der Waals surface area contributed by atoms with Gasteiger partial charge in [0.1, 0.15) is 30.2 Å². The summed E-state index contributed by atoms with van der Waals surface area (Å²) in [7, 11) is 0. The van der Waals surface area contributed by atoms with Gasteiger partial charge in [0.05, 0.1) is 26.2 Å². The number of rotatable bonds is 7. The lowest BCUT2D eigenvalue weighted by Crippen LogP contribution is -2.60. The molecule has 0 bridgehead atoms. The molecule has 0 spiro atoms. The van der Waals surface area contributed by atoms with Crippen LogP contribution in [0, 0.1) is 0 Å². The molecule has 11 heteroatoms. The summed E-state index contributed by atoms with van der Waals surface area (Å²) < 4.78 is 16.4. The maximum Gasteiger partial charge on any atom is 0.254 e. The number of carbonyl (C=O) groups is 2. The van der Waals surface area contributed by atoms with Crippen LogP contribution in [0.15, 0.2) is 48.5 Å². The van der Waals surface area contributed by atoms with Gasteiger partial charge in [-0.05, 0) is 30.3 Å². The zero-order chi connectivity index (χ0) is 25.7. The monoisotopic (exact) mass is 502 g/mol. The van der Waals surface area contributed by atoms with Gasteiger partial charge in [0.2, 0.25) is 12.2 Å². The maximum atomic E-state index is 12.7. The van der Waals surface area contributed by atoms with Gasteiger partial charge in [-0.1, -0.05) is 18.2 Å². The molecule has 5 N–H and O–H groups in total. The highest BCUT2D eigenvalue weighted by Crippen LogP contribution is 2.27. The number of amides is 2. The number of aliphatic hydroxyl groups is 4. The lowest BCUT2D eigenvalue weighted by molar-refractivity contribution is -0.277. The Kier molecular flexibility index (Phi) is 8.52. The van der Waals surface area contributed by atoms with Gasteiger partial charge in [0.15, 0.2) is 0 Å². The zero-order valence-electron chi connectivity index (χ0n) is 19.5. The first-order valence-electron chi connectivity index (χ1n) is 11.7. The molecule has 5 atom stereocenters. The van der Waals surface area contributed by atoms with Crippen LogP contribution in [-0.4, -0.2) is 101 Å². The van der Waals surface area contributed by atoms with Crippen molar-refractivity contribution in [2.45, 2.75) is 37.1 Å². The molecule has 0 saturated carbocycles. The summed E-state index contributed by atoms with van der Waals surface area (Å²) in [6.45, 7) is 1.54. The lowest BCUT2D eigenvalue weighted by Gasteiger charge is -2.39. The van der Waals surface area contributed by atoms with E-state index in [1.807, 2.05) is 0 Å². The van der Waals surface area contributed by atoms with Crippen molar-refractivity contribution in [3.05, 3.63) is 59.7 Å². The molecular weight excluding hydrogens is 472 g/mol. The predicted molar refractivity (Wildman–Crippen MR) is 126 cm³/mol. The summed E-state index contributed by atoms with van der Waals surface area (Å²) in [5.74, 6) is -0.189. The van der Waals surface area contributed by atoms with E-state index in [9.17, 15) is 30.0 Å². The van der Waals surface area contributed by atoms with E-state index in [1.54, 1.807) is 53.4 Å². The van der Waals surface area contributed by atoms with E-state index < -0.39 is 37.3 Å². The number of morpholine rings is 1. The number of para-hydroxylation sites is 1. The molecule has 2 saturated heterocycles. The first kappa shape index (κ1) is 26.0. The second-order valence-electron chi connectivity index (χ2n) is 8.63. The predicted octanol–water partition coefficient (Wildman–Crippen LogP) is -0.481. The zero-order valence-corrected chi connectivity index (χ0v) is 19.5. The average Bonchev–Trinajstić information content (AvgIpc) is 2.90. The highest BCUT2D eigenvalue weighted by molar-refractivity contribution is 5.96. The number of benzene rings is 2. The van der Waals surface area contributed by atoms with Crippen molar-refractivity contribution in [2.75, 3.05) is 38.2 Å². The van der Waals surface area contributed by atoms with Gasteiger partial charge in [-0.15, -0.1) is 0 Å². The topological polar surface area (TPSA) is 158 Å². The van der Waals surface area contributed by atoms with Crippen LogP contribution >= 0.6 is 0 Å². The van der Waals surface area contributed by atoms with Crippen LogP contribution in [0.2, 0.25) is 0 Å². The van der Waals surface area contributed by atoms with E-state index in [-0.39, 0.29) is 24.0 Å². The number of hydrogen-bond donors (Lipinski definition) is 5. The van der Waals surface area contributed by atoms with Crippen LogP contribution in [0.5, 0.6) is 5.75 Å². The molecule has 4 rings (SSSR count). The Morgan fingerprint density at radius 3 is 2.36 bits per heavy atom. The Morgan fingerprint density at radius 1 is 0.972 bits per heavy atom. The van der Waals surface area contributed by atoms with E-state index in [0.717, 1.165) is 0 Å². The van der Waals surface area contributed by atoms with Crippen molar-refractivity contribution in [2.24, 2.45) is 0 Å². The fraction of sp³-hybridized carbons (Fsp3) is 0.440. The van der Waals surface area contributed by atoms with Crippen molar-refractivity contribution >= 4 is 17.5 Å². The summed E-state index contributed by atoms with van der Waals surface area (Å²) in [4.78, 5) is 27.0. The summed E-state index contributed by atoms with van der Waals surface area (Å²) in [6, 6.07) is 13.3. The maximum absolute atomic E-state index is 12.7. The molecule has 2 aromatic carbocycles. The van der Waals surface area contributed by atoms with Gasteiger partial charge in [-0.25, -0.2) is 0 Å². The summed E-state index contributed by atoms with van der Waals surface area (Å²) in [5.41, 5.74) is 1.53. The van der Waals surface area contributed by atoms with Crippen LogP contribution in [0.3, 0.4) is 0 Å². The molecule has 2 aliphatic heterocycles. The third-order valence-corrected chi connectivity index (χ3v) is 6.13. The van der Waals surface area contributed by atoms with Crippen molar-refractivity contribution in [1.29, 1.82) is 0 Å². The molecule has 36 heavy (non-hydrogen) atoms. The van der Waals surface area contributed by atoms with E-state index in [2.05, 4.69) is 5.32 Å². The van der Waals surface area contributed by atoms with E-state index in [4.69, 9.17) is 14.2 Å². The van der Waals surface area contributed by atoms with Gasteiger partial charge in [-0.2, -0.15) is 0 Å². The first-order chi connectivity index (χ1) is 17.4. The summed E-state index contributed by atoms with van der Waals surface area (Å²) in [5, 5.41) is 42.3. The van der Waals surface area contributed by atoms with Crippen molar-refractivity contribution in [3.8, 4) is 5.75 Å². The molecule has 2 heterocycles. The number of nitrogens with zero attached hydrogens (tertiary/aromatic N) is 1. The Balaban J connectivity index is 1.37. The minimum absolute atomic E-state index is 0.0674. The van der Waals surface area contributed by atoms with Crippen LogP contribution in [0.25, 0.3) is 0 Å². The van der Waals surface area contributed by atoms with Crippen molar-refractivity contribution in [3.63, 3.8) is 0 Å².